The van der Waals surface area contributed by atoms with Crippen molar-refractivity contribution in [2.75, 3.05) is 46.4 Å². The number of aliphatic hydroxyl groups is 4. The normalized spacial score (nSPS) is 27.0. The Balaban J connectivity index is 0.000000530. The predicted molar refractivity (Wildman–Crippen MR) is 608 cm³/mol. The average Bonchev–Trinajstić information content (AvgIpc) is 1.19. The van der Waals surface area contributed by atoms with Gasteiger partial charge in [0, 0.05) is 165 Å². The maximum atomic E-state index is 12.4. The van der Waals surface area contributed by atoms with Gasteiger partial charge in [0.1, 0.15) is 5.78 Å². The summed E-state index contributed by atoms with van der Waals surface area (Å²) in [7, 11) is -3.84. The standard InChI is InChI=1S/C15H24N2O2S.C15H23N.C12H23NO.C10H21NO.3C9H19NO.C9H17N.C9H19N.C7H15NO.C7H15N.C6H15N.HNO2S/c1-12(2)16-14-10-6-7-11-15(14)17-20(18,19)13-8-4-3-5-9-13;1-12(2)16-15-10-8-14(9-11-15)13-6-4-3-5-7-13;1-9(2)13-12-6-4-11(5-7-12)8-10(3)14;1-8(2)11(3)9-4-6-10(12)7-5-9;1-7(2)10-8-3-5-9(11)6-4-8;2*1-7(2)10-8-5-3-4-6-9(8)11;1-7(2)10-8-3-4-9(10)6-5-8;1-8(2)10-9-6-4-3-5-7-9;1-7(2)8-3-5-9-6-4-8;1-7(2)8-5-3-4-6-8;1-5(2)7-6(3)4;1-4(2)3/h3-5,8-9,12,14-17H,6-7,10-11H2,1-2H3;3-7,12,14-16H,8-11H2,1-2H3;9,11-13H,4-8H2,1-3H3;8-10,12H,4-7H2,1-3H3;3*7-11H,3-6H2,1-2H3;7-9H,3-6H2,1-2H3;8-10H,3-7H2,1-2H3;7H,3-6H2,1-2H3;7H,3-6H2,1-2H3;5-7H,1-4H3;1H. The first-order valence-electron chi connectivity index (χ1n) is 58.3. The Kier molecular flexibility index (Phi) is 75.2. The van der Waals surface area contributed by atoms with Gasteiger partial charge in [-0.25, -0.2) is 13.1 Å². The molecule has 0 radical (unpaired) electrons. The number of aliphatic hydroxyl groups excluding tert-OH is 4. The third kappa shape index (κ3) is 66.5. The molecule has 0 spiro atoms. The van der Waals surface area contributed by atoms with Gasteiger partial charge in [-0.05, 0) is 305 Å². The fraction of sp³-hybridized carbons (Fsp3) is 0.889. The van der Waals surface area contributed by atoms with Crippen molar-refractivity contribution in [3.63, 3.8) is 0 Å². The number of nitrogens with zero attached hydrogens (tertiary/aromatic N) is 4. The van der Waals surface area contributed by atoms with Crippen LogP contribution in [0, 0.1) is 10.7 Å². The number of likely N-dealkylation sites (tertiary alicyclic amines) is 1. The second-order valence-electron chi connectivity index (χ2n) is 47.5. The van der Waals surface area contributed by atoms with Crippen LogP contribution in [0.15, 0.2) is 65.6 Å². The topological polar surface area (TPSA) is 321 Å². The Morgan fingerprint density at radius 3 is 1.04 bits per heavy atom. The molecule has 143 heavy (non-hydrogen) atoms. The Hall–Kier alpha value is -3.04. The average molecular weight is 2060 g/mol. The number of ketones is 1. The predicted octanol–water partition coefficient (Wildman–Crippen LogP) is 21.6. The molecule has 8 aliphatic carbocycles. The van der Waals surface area contributed by atoms with Crippen LogP contribution in [-0.4, -0.2) is 279 Å². The van der Waals surface area contributed by atoms with Gasteiger partial charge in [-0.15, -0.1) is 0 Å². The summed E-state index contributed by atoms with van der Waals surface area (Å²) < 4.78 is 55.7. The van der Waals surface area contributed by atoms with E-state index < -0.39 is 20.5 Å². The maximum Gasteiger partial charge on any atom is 0.308 e. The molecule has 24 nitrogen and oxygen atoms in total. The molecule has 14 rings (SSSR count). The molecule has 0 aromatic heterocycles. The number of fused-ring (bicyclic) bond motifs is 2. The summed E-state index contributed by atoms with van der Waals surface area (Å²) >= 11 is 0. The fourth-order valence-electron chi connectivity index (χ4n) is 22.6. The van der Waals surface area contributed by atoms with Gasteiger partial charge in [0.15, 0.2) is 0 Å². The molecule has 4 aliphatic heterocycles. The van der Waals surface area contributed by atoms with Gasteiger partial charge in [-0.1, -0.05) is 231 Å². The van der Waals surface area contributed by atoms with Crippen molar-refractivity contribution < 1.29 is 46.8 Å². The van der Waals surface area contributed by atoms with Crippen molar-refractivity contribution >= 4 is 26.3 Å². The molecule has 2 bridgehead atoms. The second kappa shape index (κ2) is 79.0. The lowest BCUT2D eigenvalue weighted by Crippen LogP contribution is -2.53. The van der Waals surface area contributed by atoms with Gasteiger partial charge in [0.05, 0.1) is 42.5 Å². The number of ether oxygens (including phenoxy) is 1. The summed E-state index contributed by atoms with van der Waals surface area (Å²) in [5, 5.41) is 65.5. The summed E-state index contributed by atoms with van der Waals surface area (Å²) in [6.07, 6.45) is 48.5. The Bertz CT molecular complexity index is 3500. The first kappa shape index (κ1) is 136. The molecule has 2 aromatic rings. The van der Waals surface area contributed by atoms with Crippen molar-refractivity contribution in [2.45, 2.75) is 624 Å². The maximum absolute atomic E-state index is 12.4. The van der Waals surface area contributed by atoms with Crippen molar-refractivity contribution in [3.05, 3.63) is 66.2 Å². The van der Waals surface area contributed by atoms with Crippen LogP contribution in [0.2, 0.25) is 0 Å². The zero-order valence-electron chi connectivity index (χ0n) is 97.0. The quantitative estimate of drug-likeness (QED) is 0.0395. The molecule has 14 N–H and O–H groups in total. The van der Waals surface area contributed by atoms with Crippen molar-refractivity contribution in [1.82, 2.24) is 66.9 Å². The Morgan fingerprint density at radius 2 is 0.713 bits per heavy atom. The van der Waals surface area contributed by atoms with Crippen LogP contribution in [0.5, 0.6) is 0 Å². The van der Waals surface area contributed by atoms with Crippen molar-refractivity contribution in [1.29, 1.82) is 4.78 Å². The van der Waals surface area contributed by atoms with E-state index in [-0.39, 0.29) is 36.5 Å². The molecule has 12 fully saturated rings. The summed E-state index contributed by atoms with van der Waals surface area (Å²) in [6.45, 7) is 65.5. The highest BCUT2D eigenvalue weighted by atomic mass is 32.2. The molecule has 0 amide bonds. The SMILES string of the molecule is CC(=O)CC1CCC(NC(C)C)CC1.CC(C)N(C)C1CCC(O)CC1.CC(C)N1C2CCC1CC2.CC(C)N1CCCC1.CC(C)N1CCOCC1.CC(C)NC(C)C.CC(C)NC1CCC(O)CC1.CC(C)NC1CCC(c2ccccc2)CC1.CC(C)NC1CCCCC1.CC(C)NC1CCCCC1NS(=O)(=O)c1ccccc1.CC(C)NC1CCCCC1O.CC(C)NC1CCCCC1O.N=S(=O)=O. The van der Waals surface area contributed by atoms with E-state index in [9.17, 15) is 33.6 Å². The first-order valence-corrected chi connectivity index (χ1v) is 60.9. The van der Waals surface area contributed by atoms with Crippen LogP contribution in [-0.2, 0) is 30.1 Å². The van der Waals surface area contributed by atoms with Crippen LogP contribution in [0.1, 0.15) is 455 Å². The summed E-state index contributed by atoms with van der Waals surface area (Å²) in [5.74, 6) is 1.81. The van der Waals surface area contributed by atoms with E-state index in [4.69, 9.17) is 17.9 Å². The van der Waals surface area contributed by atoms with Gasteiger partial charge in [-0.2, -0.15) is 13.2 Å². The second-order valence-corrected chi connectivity index (χ2v) is 49.7. The molecule has 2 aromatic carbocycles. The molecule has 6 atom stereocenters. The van der Waals surface area contributed by atoms with Crippen LogP contribution in [0.4, 0.5) is 0 Å². The number of benzene rings is 2. The summed E-state index contributed by atoms with van der Waals surface area (Å²) in [5.41, 5.74) is 1.53. The number of morpholine rings is 1. The van der Waals surface area contributed by atoms with Crippen LogP contribution in [0.25, 0.3) is 0 Å². The lowest BCUT2D eigenvalue weighted by atomic mass is 9.81. The van der Waals surface area contributed by atoms with Crippen molar-refractivity contribution in [2.24, 2.45) is 5.92 Å². The first-order chi connectivity index (χ1) is 67.5. The van der Waals surface area contributed by atoms with E-state index >= 15 is 0 Å². The third-order valence-corrected chi connectivity index (χ3v) is 31.2. The van der Waals surface area contributed by atoms with Crippen LogP contribution >= 0.6 is 0 Å². The number of Topliss-reactive ketones (excluding diaryl/α,β-unsaturated/α-hetero) is 1. The minimum Gasteiger partial charge on any atom is -0.393 e. The highest BCUT2D eigenvalue weighted by Gasteiger charge is 2.41. The number of carbonyl (C=O) groups excluding carboxylic acids is 1. The molecule has 6 unspecified atom stereocenters. The van der Waals surface area contributed by atoms with Gasteiger partial charge in [0.2, 0.25) is 10.0 Å². The fourth-order valence-corrected chi connectivity index (χ4v) is 23.9. The van der Waals surface area contributed by atoms with E-state index in [1.807, 2.05) is 6.07 Å². The Labute approximate surface area is 881 Å². The van der Waals surface area contributed by atoms with E-state index in [0.717, 1.165) is 178 Å². The van der Waals surface area contributed by atoms with Gasteiger partial charge in [-0.3, -0.25) is 9.80 Å². The van der Waals surface area contributed by atoms with E-state index in [2.05, 4.69) is 284 Å². The molecular weight excluding hydrogens is 1830 g/mol. The van der Waals surface area contributed by atoms with Crippen LogP contribution in [0.3, 0.4) is 0 Å². The zero-order chi connectivity index (χ0) is 107. The smallest absolute Gasteiger partial charge is 0.308 e. The molecule has 12 aliphatic rings. The van der Waals surface area contributed by atoms with Gasteiger partial charge < -0.3 is 82.3 Å². The molecule has 4 heterocycles. The number of rotatable bonds is 27. The highest BCUT2D eigenvalue weighted by molar-refractivity contribution is 7.89. The van der Waals surface area contributed by atoms with Crippen molar-refractivity contribution in [3.8, 4) is 0 Å². The van der Waals surface area contributed by atoms with Crippen LogP contribution < -0.4 is 47.3 Å². The van der Waals surface area contributed by atoms with Gasteiger partial charge >= 0.3 is 10.5 Å². The molecule has 840 valence electrons. The van der Waals surface area contributed by atoms with Gasteiger partial charge in [0.25, 0.3) is 0 Å². The lowest BCUT2D eigenvalue weighted by molar-refractivity contribution is -0.118. The lowest BCUT2D eigenvalue weighted by Gasteiger charge is -2.35. The highest BCUT2D eigenvalue weighted by Crippen LogP contribution is 2.39. The van der Waals surface area contributed by atoms with E-state index in [1.54, 1.807) is 31.2 Å². The van der Waals surface area contributed by atoms with E-state index in [0.29, 0.717) is 113 Å². The number of hydrogen-bond donors (Lipinski definition) is 14. The molecule has 8 saturated carbocycles. The molecular formula is C117H230N14O10S2. The number of sulfonamides is 1. The Morgan fingerprint density at radius 1 is 0.385 bits per heavy atom. The number of nitrogens with one attached hydrogen (secondary N) is 10. The van der Waals surface area contributed by atoms with E-state index in [1.165, 1.54) is 166 Å². The zero-order valence-corrected chi connectivity index (χ0v) is 98.6. The minimum atomic E-state index is -3.42. The largest absolute Gasteiger partial charge is 0.393 e. The number of hydrogen-bond acceptors (Lipinski definition) is 23. The minimum absolute atomic E-state index is 0.0173. The third-order valence-electron chi connectivity index (χ3n) is 29.7. The summed E-state index contributed by atoms with van der Waals surface area (Å²) in [6, 6.07) is 34.0. The molecule has 4 saturated heterocycles. The molecule has 26 heteroatoms. The summed E-state index contributed by atoms with van der Waals surface area (Å²) in [4.78, 5) is 21.4. The monoisotopic (exact) mass is 2060 g/mol. The number of carbonyl (C=O) groups is 1.